The molecule has 2 atom stereocenters. The SMILES string of the molecule is CC(O)C1CCCCN1Cc1ccc(-n2ccnc2)cc1. The van der Waals surface area contributed by atoms with Gasteiger partial charge in [-0.25, -0.2) is 4.98 Å². The smallest absolute Gasteiger partial charge is 0.0991 e. The quantitative estimate of drug-likeness (QED) is 0.939. The number of rotatable bonds is 4. The van der Waals surface area contributed by atoms with E-state index in [0.717, 1.165) is 25.2 Å². The van der Waals surface area contributed by atoms with Gasteiger partial charge in [-0.1, -0.05) is 18.6 Å². The van der Waals surface area contributed by atoms with Gasteiger partial charge >= 0.3 is 0 Å². The molecular formula is C17H23N3O. The second-order valence-corrected chi connectivity index (χ2v) is 5.91. The highest BCUT2D eigenvalue weighted by Crippen LogP contribution is 2.22. The van der Waals surface area contributed by atoms with Gasteiger partial charge in [0, 0.05) is 30.7 Å². The Kier molecular flexibility index (Phi) is 4.36. The number of piperidine rings is 1. The molecule has 2 aromatic rings. The van der Waals surface area contributed by atoms with Gasteiger partial charge in [-0.3, -0.25) is 4.90 Å². The van der Waals surface area contributed by atoms with Gasteiger partial charge in [0.15, 0.2) is 0 Å². The van der Waals surface area contributed by atoms with Crippen LogP contribution in [0.1, 0.15) is 31.7 Å². The first-order valence-electron chi connectivity index (χ1n) is 7.73. The summed E-state index contributed by atoms with van der Waals surface area (Å²) in [7, 11) is 0. The van der Waals surface area contributed by atoms with Crippen LogP contribution in [0.15, 0.2) is 43.0 Å². The maximum absolute atomic E-state index is 9.94. The standard InChI is InChI=1S/C17H23N3O/c1-14(21)17-4-2-3-10-19(17)12-15-5-7-16(8-6-15)20-11-9-18-13-20/h5-9,11,13-14,17,21H,2-4,10,12H2,1H3. The van der Waals surface area contributed by atoms with Crippen molar-refractivity contribution < 1.29 is 5.11 Å². The monoisotopic (exact) mass is 285 g/mol. The Balaban J connectivity index is 1.69. The third-order valence-corrected chi connectivity index (χ3v) is 4.35. The number of nitrogens with zero attached hydrogens (tertiary/aromatic N) is 3. The van der Waals surface area contributed by atoms with Crippen molar-refractivity contribution in [3.63, 3.8) is 0 Å². The van der Waals surface area contributed by atoms with E-state index in [1.807, 2.05) is 24.0 Å². The molecule has 2 unspecified atom stereocenters. The molecule has 4 heteroatoms. The van der Waals surface area contributed by atoms with Gasteiger partial charge in [0.05, 0.1) is 12.4 Å². The molecule has 21 heavy (non-hydrogen) atoms. The summed E-state index contributed by atoms with van der Waals surface area (Å²) < 4.78 is 2.00. The Bertz CT molecular complexity index is 548. The summed E-state index contributed by atoms with van der Waals surface area (Å²) in [6.07, 6.45) is 8.85. The van der Waals surface area contributed by atoms with Crippen LogP contribution in [0.3, 0.4) is 0 Å². The predicted octanol–water partition coefficient (Wildman–Crippen LogP) is 2.61. The summed E-state index contributed by atoms with van der Waals surface area (Å²) in [6.45, 7) is 3.91. The molecule has 112 valence electrons. The molecule has 1 aromatic carbocycles. The highest BCUT2D eigenvalue weighted by molar-refractivity contribution is 5.34. The third-order valence-electron chi connectivity index (χ3n) is 4.35. The minimum absolute atomic E-state index is 0.254. The number of aliphatic hydroxyl groups is 1. The van der Waals surface area contributed by atoms with E-state index in [-0.39, 0.29) is 6.10 Å². The highest BCUT2D eigenvalue weighted by Gasteiger charge is 2.25. The van der Waals surface area contributed by atoms with Crippen LogP contribution in [-0.2, 0) is 6.54 Å². The molecular weight excluding hydrogens is 262 g/mol. The van der Waals surface area contributed by atoms with Crippen LogP contribution in [0.2, 0.25) is 0 Å². The lowest BCUT2D eigenvalue weighted by atomic mass is 9.97. The van der Waals surface area contributed by atoms with Gasteiger partial charge in [0.2, 0.25) is 0 Å². The summed E-state index contributed by atoms with van der Waals surface area (Å²) in [5.74, 6) is 0. The minimum atomic E-state index is -0.254. The van der Waals surface area contributed by atoms with E-state index in [4.69, 9.17) is 0 Å². The van der Waals surface area contributed by atoms with Crippen LogP contribution >= 0.6 is 0 Å². The van der Waals surface area contributed by atoms with Gasteiger partial charge < -0.3 is 9.67 Å². The van der Waals surface area contributed by atoms with E-state index in [1.165, 1.54) is 18.4 Å². The Morgan fingerprint density at radius 1 is 1.29 bits per heavy atom. The van der Waals surface area contributed by atoms with Crippen molar-refractivity contribution in [2.24, 2.45) is 0 Å². The van der Waals surface area contributed by atoms with Gasteiger partial charge in [0.1, 0.15) is 0 Å². The van der Waals surface area contributed by atoms with E-state index < -0.39 is 0 Å². The number of hydrogen-bond donors (Lipinski definition) is 1. The Morgan fingerprint density at radius 2 is 2.10 bits per heavy atom. The van der Waals surface area contributed by atoms with Crippen LogP contribution in [0.25, 0.3) is 5.69 Å². The van der Waals surface area contributed by atoms with Crippen molar-refractivity contribution in [2.75, 3.05) is 6.54 Å². The number of likely N-dealkylation sites (tertiary alicyclic amines) is 1. The van der Waals surface area contributed by atoms with Gasteiger partial charge in [-0.15, -0.1) is 0 Å². The minimum Gasteiger partial charge on any atom is -0.392 e. The fourth-order valence-electron chi connectivity index (χ4n) is 3.18. The van der Waals surface area contributed by atoms with Crippen molar-refractivity contribution in [1.29, 1.82) is 0 Å². The molecule has 1 fully saturated rings. The Labute approximate surface area is 126 Å². The molecule has 1 aliphatic heterocycles. The number of imidazole rings is 1. The van der Waals surface area contributed by atoms with Crippen LogP contribution < -0.4 is 0 Å². The number of benzene rings is 1. The lowest BCUT2D eigenvalue weighted by Gasteiger charge is -2.37. The van der Waals surface area contributed by atoms with Crippen LogP contribution in [0, 0.1) is 0 Å². The first kappa shape index (κ1) is 14.3. The number of aliphatic hydroxyl groups excluding tert-OH is 1. The molecule has 1 aromatic heterocycles. The third kappa shape index (κ3) is 3.34. The summed E-state index contributed by atoms with van der Waals surface area (Å²) in [5, 5.41) is 9.94. The van der Waals surface area contributed by atoms with E-state index in [1.54, 1.807) is 6.20 Å². The zero-order valence-corrected chi connectivity index (χ0v) is 12.5. The van der Waals surface area contributed by atoms with E-state index in [2.05, 4.69) is 34.1 Å². The molecule has 1 N–H and O–H groups in total. The predicted molar refractivity (Wildman–Crippen MR) is 83.3 cm³/mol. The molecule has 0 spiro atoms. The number of hydrogen-bond acceptors (Lipinski definition) is 3. The van der Waals surface area contributed by atoms with Crippen molar-refractivity contribution >= 4 is 0 Å². The largest absolute Gasteiger partial charge is 0.392 e. The second kappa shape index (κ2) is 6.41. The average molecular weight is 285 g/mol. The molecule has 4 nitrogen and oxygen atoms in total. The first-order chi connectivity index (χ1) is 10.2. The molecule has 1 aliphatic rings. The fourth-order valence-corrected chi connectivity index (χ4v) is 3.18. The molecule has 1 saturated heterocycles. The Hall–Kier alpha value is -1.65. The fraction of sp³-hybridized carbons (Fsp3) is 0.471. The zero-order chi connectivity index (χ0) is 14.7. The van der Waals surface area contributed by atoms with Gasteiger partial charge in [0.25, 0.3) is 0 Å². The van der Waals surface area contributed by atoms with Crippen LogP contribution in [0.5, 0.6) is 0 Å². The lowest BCUT2D eigenvalue weighted by molar-refractivity contribution is 0.0317. The molecule has 3 rings (SSSR count). The molecule has 0 aliphatic carbocycles. The van der Waals surface area contributed by atoms with E-state index >= 15 is 0 Å². The van der Waals surface area contributed by atoms with Gasteiger partial charge in [-0.2, -0.15) is 0 Å². The number of aromatic nitrogens is 2. The maximum atomic E-state index is 9.94. The summed E-state index contributed by atoms with van der Waals surface area (Å²) in [5.41, 5.74) is 2.42. The van der Waals surface area contributed by atoms with Crippen molar-refractivity contribution in [2.45, 2.75) is 44.9 Å². The van der Waals surface area contributed by atoms with Crippen LogP contribution in [0.4, 0.5) is 0 Å². The zero-order valence-electron chi connectivity index (χ0n) is 12.5. The topological polar surface area (TPSA) is 41.3 Å². The second-order valence-electron chi connectivity index (χ2n) is 5.91. The van der Waals surface area contributed by atoms with Crippen molar-refractivity contribution in [3.8, 4) is 5.69 Å². The van der Waals surface area contributed by atoms with Crippen LogP contribution in [-0.4, -0.2) is 38.2 Å². The van der Waals surface area contributed by atoms with E-state index in [0.29, 0.717) is 6.04 Å². The first-order valence-corrected chi connectivity index (χ1v) is 7.73. The van der Waals surface area contributed by atoms with Gasteiger partial charge in [-0.05, 0) is 44.0 Å². The molecule has 0 amide bonds. The Morgan fingerprint density at radius 3 is 2.76 bits per heavy atom. The lowest BCUT2D eigenvalue weighted by Crippen LogP contribution is -2.45. The molecule has 0 radical (unpaired) electrons. The van der Waals surface area contributed by atoms with Crippen molar-refractivity contribution in [1.82, 2.24) is 14.5 Å². The highest BCUT2D eigenvalue weighted by atomic mass is 16.3. The molecule has 0 saturated carbocycles. The average Bonchev–Trinajstić information content (AvgIpc) is 3.03. The van der Waals surface area contributed by atoms with E-state index in [9.17, 15) is 5.11 Å². The molecule has 2 heterocycles. The van der Waals surface area contributed by atoms with Crippen molar-refractivity contribution in [3.05, 3.63) is 48.5 Å². The summed E-state index contributed by atoms with van der Waals surface area (Å²) in [4.78, 5) is 6.49. The summed E-state index contributed by atoms with van der Waals surface area (Å²) in [6, 6.07) is 8.88. The maximum Gasteiger partial charge on any atom is 0.0991 e. The molecule has 0 bridgehead atoms. The normalized spacial score (nSPS) is 21.3. The summed E-state index contributed by atoms with van der Waals surface area (Å²) >= 11 is 0.